The molecule has 18 heteroatoms. The minimum atomic E-state index is -2.73. The fourth-order valence-corrected chi connectivity index (χ4v) is 8.97. The van der Waals surface area contributed by atoms with Crippen molar-refractivity contribution in [1.82, 2.24) is 19.8 Å². The molecular weight excluding hydrogens is 831 g/mol. The highest BCUT2D eigenvalue weighted by Gasteiger charge is 2.57. The molecule has 1 aromatic carbocycles. The Balaban J connectivity index is 2.17. The molecular formula is C44H77N5O11Si2. The van der Waals surface area contributed by atoms with Crippen LogP contribution in [0.2, 0.25) is 36.3 Å². The van der Waals surface area contributed by atoms with Gasteiger partial charge in [-0.2, -0.15) is 0 Å². The van der Waals surface area contributed by atoms with Crippen LogP contribution in [0.4, 0.5) is 0 Å². The number of nitrogens with two attached hydrogens (primary N) is 1. The van der Waals surface area contributed by atoms with E-state index >= 15 is 0 Å². The molecule has 0 aliphatic carbocycles. The maximum atomic E-state index is 14.5. The molecule has 352 valence electrons. The highest BCUT2D eigenvalue weighted by Crippen LogP contribution is 2.46. The van der Waals surface area contributed by atoms with Crippen LogP contribution >= 0.6 is 0 Å². The van der Waals surface area contributed by atoms with Gasteiger partial charge in [0, 0.05) is 18.8 Å². The molecule has 0 radical (unpaired) electrons. The molecule has 8 unspecified atom stereocenters. The number of benzene rings is 1. The minimum absolute atomic E-state index is 0.0335. The predicted molar refractivity (Wildman–Crippen MR) is 245 cm³/mol. The Kier molecular flexibility index (Phi) is 17.8. The van der Waals surface area contributed by atoms with E-state index in [4.69, 9.17) is 28.8 Å². The summed E-state index contributed by atoms with van der Waals surface area (Å²) >= 11 is 0. The standard InChI is InChI=1S/C44H77N5O11Si2/c1-27(2)33(51)31(45)38(53)47-24-17-23-46-32(40(54)58-42(3,4)5)34(52)35-36(59-61(13,14)43(6,7)8)37(60-62(15,16)44(9,10)11)39(57-35)48-25-22-30(50)49(41(48)55)26-28-18-20-29(56-12)21-19-28/h18-22,25,27,31-37,39,46,51-52H,17,23-24,26,45H2,1-16H3,(H,47,53). The van der Waals surface area contributed by atoms with E-state index in [1.165, 1.54) is 16.8 Å². The third-order valence-corrected chi connectivity index (χ3v) is 21.2. The Labute approximate surface area is 370 Å². The topological polar surface area (TPSA) is 215 Å². The van der Waals surface area contributed by atoms with Crippen LogP contribution in [-0.2, 0) is 34.5 Å². The van der Waals surface area contributed by atoms with Crippen molar-refractivity contribution >= 4 is 28.5 Å². The molecule has 8 atom stereocenters. The molecule has 1 amide bonds. The molecule has 0 spiro atoms. The summed E-state index contributed by atoms with van der Waals surface area (Å²) in [5.41, 5.74) is 4.56. The number of amides is 1. The van der Waals surface area contributed by atoms with Gasteiger partial charge in [0.05, 0.1) is 19.8 Å². The van der Waals surface area contributed by atoms with Gasteiger partial charge >= 0.3 is 11.7 Å². The lowest BCUT2D eigenvalue weighted by atomic mass is 9.99. The second-order valence-corrected chi connectivity index (χ2v) is 30.3. The van der Waals surface area contributed by atoms with Crippen molar-refractivity contribution in [2.75, 3.05) is 20.2 Å². The zero-order valence-electron chi connectivity index (χ0n) is 40.0. The summed E-state index contributed by atoms with van der Waals surface area (Å²) in [6, 6.07) is 5.87. The van der Waals surface area contributed by atoms with Gasteiger partial charge < -0.3 is 49.6 Å². The zero-order chi connectivity index (χ0) is 47.3. The number of hydrogen-bond donors (Lipinski definition) is 5. The van der Waals surface area contributed by atoms with E-state index in [1.54, 1.807) is 66.0 Å². The number of aromatic nitrogens is 2. The first-order valence-corrected chi connectivity index (χ1v) is 27.5. The number of rotatable bonds is 19. The van der Waals surface area contributed by atoms with Crippen molar-refractivity contribution in [3.05, 3.63) is 62.9 Å². The Morgan fingerprint density at radius 1 is 0.871 bits per heavy atom. The van der Waals surface area contributed by atoms with E-state index in [-0.39, 0.29) is 35.6 Å². The molecule has 3 rings (SSSR count). The van der Waals surface area contributed by atoms with E-state index in [9.17, 15) is 29.4 Å². The smallest absolute Gasteiger partial charge is 0.333 e. The quantitative estimate of drug-likeness (QED) is 0.0759. The molecule has 1 aliphatic rings. The highest BCUT2D eigenvalue weighted by atomic mass is 28.4. The van der Waals surface area contributed by atoms with Crippen LogP contribution in [0.3, 0.4) is 0 Å². The van der Waals surface area contributed by atoms with Crippen LogP contribution in [0.5, 0.6) is 5.75 Å². The summed E-state index contributed by atoms with van der Waals surface area (Å²) in [5, 5.41) is 28.1. The van der Waals surface area contributed by atoms with Crippen molar-refractivity contribution in [2.45, 2.75) is 180 Å². The molecule has 1 saturated heterocycles. The second-order valence-electron chi connectivity index (χ2n) is 20.8. The van der Waals surface area contributed by atoms with Gasteiger partial charge in [0.2, 0.25) is 5.91 Å². The molecule has 6 N–H and O–H groups in total. The Hall–Kier alpha value is -3.21. The van der Waals surface area contributed by atoms with Gasteiger partial charge in [0.1, 0.15) is 47.9 Å². The van der Waals surface area contributed by atoms with E-state index < -0.39 is 94.2 Å². The number of nitrogens with zero attached hydrogens (tertiary/aromatic N) is 2. The summed E-state index contributed by atoms with van der Waals surface area (Å²) in [5.74, 6) is -0.847. The van der Waals surface area contributed by atoms with Crippen LogP contribution in [0, 0.1) is 5.92 Å². The van der Waals surface area contributed by atoms with Crippen LogP contribution < -0.4 is 32.4 Å². The van der Waals surface area contributed by atoms with Crippen LogP contribution in [-0.4, -0.2) is 116 Å². The number of hydrogen-bond acceptors (Lipinski definition) is 13. The fourth-order valence-electron chi connectivity index (χ4n) is 6.38. The molecule has 2 heterocycles. The number of ether oxygens (including phenoxy) is 3. The van der Waals surface area contributed by atoms with Crippen LogP contribution in [0.25, 0.3) is 0 Å². The molecule has 1 aromatic heterocycles. The molecule has 62 heavy (non-hydrogen) atoms. The number of aliphatic hydroxyl groups excluding tert-OH is 2. The Bertz CT molecular complexity index is 1920. The fraction of sp³-hybridized carbons (Fsp3) is 0.727. The van der Waals surface area contributed by atoms with Gasteiger partial charge in [-0.1, -0.05) is 67.5 Å². The third-order valence-electron chi connectivity index (χ3n) is 12.3. The summed E-state index contributed by atoms with van der Waals surface area (Å²) in [7, 11) is -3.89. The van der Waals surface area contributed by atoms with Crippen molar-refractivity contribution in [3.8, 4) is 5.75 Å². The molecule has 1 aliphatic heterocycles. The van der Waals surface area contributed by atoms with E-state index in [0.717, 1.165) is 4.57 Å². The number of carbonyl (C=O) groups is 2. The number of aliphatic hydroxyl groups is 2. The molecule has 16 nitrogen and oxygen atoms in total. The summed E-state index contributed by atoms with van der Waals surface area (Å²) in [4.78, 5) is 54.6. The minimum Gasteiger partial charge on any atom is -0.497 e. The maximum Gasteiger partial charge on any atom is 0.333 e. The summed E-state index contributed by atoms with van der Waals surface area (Å²) < 4.78 is 34.8. The summed E-state index contributed by atoms with van der Waals surface area (Å²) in [6.45, 7) is 29.8. The first-order valence-electron chi connectivity index (χ1n) is 21.6. The highest BCUT2D eigenvalue weighted by molar-refractivity contribution is 6.74. The van der Waals surface area contributed by atoms with Gasteiger partial charge in [-0.15, -0.1) is 0 Å². The maximum absolute atomic E-state index is 14.5. The molecule has 0 bridgehead atoms. The molecule has 1 fully saturated rings. The Morgan fingerprint density at radius 3 is 1.92 bits per heavy atom. The SMILES string of the molecule is COc1ccc(Cn2c(=O)ccn(C3OC(C(O)C(NCCCNC(=O)C(N)C(O)C(C)C)C(=O)OC(C)(C)C)C(O[Si](C)(C)C(C)(C)C)C3O[Si](C)(C)C(C)(C)C)c2=O)cc1. The summed E-state index contributed by atoms with van der Waals surface area (Å²) in [6.07, 6.45) is -5.36. The average Bonchev–Trinajstić information content (AvgIpc) is 3.47. The van der Waals surface area contributed by atoms with Crippen molar-refractivity contribution < 1.29 is 42.9 Å². The van der Waals surface area contributed by atoms with Gasteiger partial charge in [-0.05, 0) is 93.6 Å². The van der Waals surface area contributed by atoms with E-state index in [1.807, 2.05) is 0 Å². The van der Waals surface area contributed by atoms with Crippen molar-refractivity contribution in [1.29, 1.82) is 0 Å². The average molecular weight is 908 g/mol. The lowest BCUT2D eigenvalue weighted by Gasteiger charge is -2.44. The first kappa shape index (κ1) is 53.1. The van der Waals surface area contributed by atoms with Crippen LogP contribution in [0.15, 0.2) is 46.1 Å². The predicted octanol–water partition coefficient (Wildman–Crippen LogP) is 4.26. The lowest BCUT2D eigenvalue weighted by Crippen LogP contribution is -2.59. The lowest BCUT2D eigenvalue weighted by molar-refractivity contribution is -0.166. The number of methoxy groups -OCH3 is 1. The Morgan fingerprint density at radius 2 is 1.42 bits per heavy atom. The van der Waals surface area contributed by atoms with Gasteiger partial charge in [-0.3, -0.25) is 23.5 Å². The number of nitrogens with one attached hydrogen (secondary N) is 2. The zero-order valence-corrected chi connectivity index (χ0v) is 42.0. The normalized spacial score (nSPS) is 21.0. The van der Waals surface area contributed by atoms with Gasteiger partial charge in [0.25, 0.3) is 5.56 Å². The van der Waals surface area contributed by atoms with E-state index in [2.05, 4.69) is 78.4 Å². The van der Waals surface area contributed by atoms with Crippen molar-refractivity contribution in [3.63, 3.8) is 0 Å². The molecule has 0 saturated carbocycles. The number of carbonyl (C=O) groups excluding carboxylic acids is 2. The number of esters is 1. The molecule has 2 aromatic rings. The van der Waals surface area contributed by atoms with E-state index in [0.29, 0.717) is 17.7 Å². The first-order chi connectivity index (χ1) is 28.3. The third kappa shape index (κ3) is 13.4. The van der Waals surface area contributed by atoms with Gasteiger partial charge in [-0.25, -0.2) is 4.79 Å². The monoisotopic (exact) mass is 908 g/mol. The van der Waals surface area contributed by atoms with Crippen molar-refractivity contribution in [2.24, 2.45) is 11.7 Å². The van der Waals surface area contributed by atoms with Crippen LogP contribution in [0.1, 0.15) is 94.4 Å². The largest absolute Gasteiger partial charge is 0.497 e. The van der Waals surface area contributed by atoms with Gasteiger partial charge in [0.15, 0.2) is 22.9 Å². The second kappa shape index (κ2) is 20.7.